The van der Waals surface area contributed by atoms with Gasteiger partial charge < -0.3 is 10.1 Å². The fourth-order valence-corrected chi connectivity index (χ4v) is 3.91. The molecule has 0 saturated carbocycles. The molecule has 0 radical (unpaired) electrons. The number of carbonyl (C=O) groups is 1. The summed E-state index contributed by atoms with van der Waals surface area (Å²) in [6, 6.07) is 7.50. The summed E-state index contributed by atoms with van der Waals surface area (Å²) in [5.41, 5.74) is 0.365. The van der Waals surface area contributed by atoms with Gasteiger partial charge in [0.15, 0.2) is 11.9 Å². The molecule has 2 N–H and O–H groups in total. The Morgan fingerprint density at radius 1 is 1.28 bits per heavy atom. The molecule has 2 aromatic carbocycles. The smallest absolute Gasteiger partial charge is 0.265 e. The third-order valence-electron chi connectivity index (χ3n) is 3.59. The van der Waals surface area contributed by atoms with E-state index in [2.05, 4.69) is 10.0 Å². The molecule has 132 valence electrons. The standard InChI is InChI=1S/C16H14ClFN2O4S/c1-2-13-16(21)19-12-7-9(17)8-14(15(12)24-13)25(22,23)20-11-5-3-10(18)4-6-11/h3-8,13,20H,2H2,1H3,(H,19,21). The number of sulfonamides is 1. The molecule has 0 fully saturated rings. The molecule has 3 rings (SSSR count). The highest BCUT2D eigenvalue weighted by atomic mass is 35.5. The Morgan fingerprint density at radius 3 is 2.60 bits per heavy atom. The SMILES string of the molecule is CCC1Oc2c(cc(Cl)cc2S(=O)(=O)Nc2ccc(F)cc2)NC1=O. The molecule has 1 aliphatic rings. The number of fused-ring (bicyclic) bond motifs is 1. The summed E-state index contributed by atoms with van der Waals surface area (Å²) in [6.45, 7) is 1.75. The predicted molar refractivity (Wildman–Crippen MR) is 92.0 cm³/mol. The molecule has 0 aromatic heterocycles. The quantitative estimate of drug-likeness (QED) is 0.846. The lowest BCUT2D eigenvalue weighted by Gasteiger charge is -2.27. The van der Waals surface area contributed by atoms with Gasteiger partial charge in [0, 0.05) is 10.7 Å². The number of halogens is 2. The largest absolute Gasteiger partial charge is 0.477 e. The highest BCUT2D eigenvalue weighted by Gasteiger charge is 2.32. The van der Waals surface area contributed by atoms with Gasteiger partial charge in [-0.05, 0) is 42.8 Å². The van der Waals surface area contributed by atoms with Crippen LogP contribution in [0, 0.1) is 5.82 Å². The van der Waals surface area contributed by atoms with Crippen molar-refractivity contribution >= 4 is 38.9 Å². The number of nitrogens with one attached hydrogen (secondary N) is 2. The Balaban J connectivity index is 2.04. The highest BCUT2D eigenvalue weighted by molar-refractivity contribution is 7.92. The lowest BCUT2D eigenvalue weighted by Crippen LogP contribution is -2.37. The molecule has 1 unspecified atom stereocenters. The molecule has 1 atom stereocenters. The van der Waals surface area contributed by atoms with Crippen molar-refractivity contribution in [1.29, 1.82) is 0 Å². The molecule has 0 spiro atoms. The molecule has 1 heterocycles. The van der Waals surface area contributed by atoms with Crippen molar-refractivity contribution in [3.63, 3.8) is 0 Å². The van der Waals surface area contributed by atoms with E-state index in [1.165, 1.54) is 24.3 Å². The van der Waals surface area contributed by atoms with Gasteiger partial charge in [0.2, 0.25) is 0 Å². The van der Waals surface area contributed by atoms with Crippen molar-refractivity contribution in [2.75, 3.05) is 10.0 Å². The van der Waals surface area contributed by atoms with Gasteiger partial charge in [-0.1, -0.05) is 18.5 Å². The zero-order chi connectivity index (χ0) is 18.2. The fourth-order valence-electron chi connectivity index (χ4n) is 2.39. The van der Waals surface area contributed by atoms with Gasteiger partial charge in [-0.3, -0.25) is 9.52 Å². The first kappa shape index (κ1) is 17.5. The number of hydrogen-bond acceptors (Lipinski definition) is 4. The lowest BCUT2D eigenvalue weighted by molar-refractivity contribution is -0.123. The summed E-state index contributed by atoms with van der Waals surface area (Å²) in [4.78, 5) is 11.7. The molecule has 2 aromatic rings. The summed E-state index contributed by atoms with van der Waals surface area (Å²) in [5.74, 6) is -0.836. The van der Waals surface area contributed by atoms with Crippen molar-refractivity contribution in [3.8, 4) is 5.75 Å². The van der Waals surface area contributed by atoms with Crippen LogP contribution in [-0.4, -0.2) is 20.4 Å². The third-order valence-corrected chi connectivity index (χ3v) is 5.19. The third kappa shape index (κ3) is 3.54. The van der Waals surface area contributed by atoms with Crippen molar-refractivity contribution in [1.82, 2.24) is 0 Å². The Bertz CT molecular complexity index is 932. The maximum Gasteiger partial charge on any atom is 0.265 e. The van der Waals surface area contributed by atoms with E-state index in [0.29, 0.717) is 6.42 Å². The van der Waals surface area contributed by atoms with Gasteiger partial charge in [0.1, 0.15) is 10.7 Å². The van der Waals surface area contributed by atoms with Gasteiger partial charge >= 0.3 is 0 Å². The topological polar surface area (TPSA) is 84.5 Å². The Labute approximate surface area is 149 Å². The van der Waals surface area contributed by atoms with E-state index in [0.717, 1.165) is 12.1 Å². The van der Waals surface area contributed by atoms with E-state index < -0.39 is 21.9 Å². The molecule has 1 aliphatic heterocycles. The van der Waals surface area contributed by atoms with Gasteiger partial charge in [0.05, 0.1) is 5.69 Å². The minimum atomic E-state index is -4.07. The summed E-state index contributed by atoms with van der Waals surface area (Å²) < 4.78 is 46.4. The first-order chi connectivity index (χ1) is 11.8. The van der Waals surface area contributed by atoms with Gasteiger partial charge in [-0.25, -0.2) is 12.8 Å². The predicted octanol–water partition coefficient (Wildman–Crippen LogP) is 3.39. The number of amides is 1. The van der Waals surface area contributed by atoms with Crippen molar-refractivity contribution in [2.45, 2.75) is 24.3 Å². The van der Waals surface area contributed by atoms with Crippen LogP contribution >= 0.6 is 11.6 Å². The van der Waals surface area contributed by atoms with Crippen LogP contribution < -0.4 is 14.8 Å². The maximum absolute atomic E-state index is 13.0. The van der Waals surface area contributed by atoms with E-state index in [1.54, 1.807) is 6.92 Å². The van der Waals surface area contributed by atoms with E-state index in [4.69, 9.17) is 16.3 Å². The molecule has 0 aliphatic carbocycles. The molecule has 9 heteroatoms. The highest BCUT2D eigenvalue weighted by Crippen LogP contribution is 2.39. The monoisotopic (exact) mass is 384 g/mol. The Hall–Kier alpha value is -2.32. The zero-order valence-corrected chi connectivity index (χ0v) is 14.6. The lowest BCUT2D eigenvalue weighted by atomic mass is 10.2. The van der Waals surface area contributed by atoms with E-state index in [9.17, 15) is 17.6 Å². The minimum absolute atomic E-state index is 0.0189. The number of carbonyl (C=O) groups excluding carboxylic acids is 1. The van der Waals surface area contributed by atoms with Crippen LogP contribution in [0.15, 0.2) is 41.3 Å². The summed E-state index contributed by atoms with van der Waals surface area (Å²) in [6.07, 6.45) is -0.424. The second kappa shape index (κ2) is 6.53. The molecule has 6 nitrogen and oxygen atoms in total. The Morgan fingerprint density at radius 2 is 1.96 bits per heavy atom. The van der Waals surface area contributed by atoms with Crippen LogP contribution in [0.2, 0.25) is 5.02 Å². The molecule has 25 heavy (non-hydrogen) atoms. The average molecular weight is 385 g/mol. The van der Waals surface area contributed by atoms with Gasteiger partial charge in [0.25, 0.3) is 15.9 Å². The normalized spacial score (nSPS) is 16.6. The van der Waals surface area contributed by atoms with Crippen LogP contribution in [0.4, 0.5) is 15.8 Å². The molecule has 0 bridgehead atoms. The minimum Gasteiger partial charge on any atom is -0.477 e. The van der Waals surface area contributed by atoms with Gasteiger partial charge in [-0.15, -0.1) is 0 Å². The number of hydrogen-bond donors (Lipinski definition) is 2. The second-order valence-corrected chi connectivity index (χ2v) is 7.48. The fraction of sp³-hybridized carbons (Fsp3) is 0.188. The number of rotatable bonds is 4. The van der Waals surface area contributed by atoms with Crippen molar-refractivity contribution in [3.05, 3.63) is 47.2 Å². The average Bonchev–Trinajstić information content (AvgIpc) is 2.55. The first-order valence-electron chi connectivity index (χ1n) is 7.39. The second-order valence-electron chi connectivity index (χ2n) is 5.40. The summed E-state index contributed by atoms with van der Waals surface area (Å²) in [7, 11) is -4.07. The maximum atomic E-state index is 13.0. The van der Waals surface area contributed by atoms with Crippen LogP contribution in [0.5, 0.6) is 5.75 Å². The van der Waals surface area contributed by atoms with Gasteiger partial charge in [-0.2, -0.15) is 0 Å². The zero-order valence-electron chi connectivity index (χ0n) is 13.0. The van der Waals surface area contributed by atoms with Crippen LogP contribution in [0.1, 0.15) is 13.3 Å². The number of anilines is 2. The van der Waals surface area contributed by atoms with E-state index in [-0.39, 0.29) is 32.9 Å². The van der Waals surface area contributed by atoms with Crippen molar-refractivity contribution < 1.29 is 22.3 Å². The summed E-state index contributed by atoms with van der Waals surface area (Å²) >= 11 is 5.98. The van der Waals surface area contributed by atoms with Crippen LogP contribution in [0.25, 0.3) is 0 Å². The van der Waals surface area contributed by atoms with E-state index in [1.807, 2.05) is 0 Å². The van der Waals surface area contributed by atoms with Crippen molar-refractivity contribution in [2.24, 2.45) is 0 Å². The van der Waals surface area contributed by atoms with E-state index >= 15 is 0 Å². The molecule has 1 amide bonds. The molecule has 0 saturated heterocycles. The number of benzene rings is 2. The summed E-state index contributed by atoms with van der Waals surface area (Å²) in [5, 5.41) is 2.72. The van der Waals surface area contributed by atoms with Crippen LogP contribution in [0.3, 0.4) is 0 Å². The molecular weight excluding hydrogens is 371 g/mol. The molecular formula is C16H14ClFN2O4S. The number of ether oxygens (including phenoxy) is 1. The Kier molecular flexibility index (Phi) is 4.57. The van der Waals surface area contributed by atoms with Crippen LogP contribution in [-0.2, 0) is 14.8 Å². The first-order valence-corrected chi connectivity index (χ1v) is 9.25.